The van der Waals surface area contributed by atoms with E-state index in [1.54, 1.807) is 0 Å². The van der Waals surface area contributed by atoms with Crippen LogP contribution >= 0.6 is 0 Å². The molecule has 1 nitrogen and oxygen atoms in total. The van der Waals surface area contributed by atoms with E-state index in [2.05, 4.69) is 222 Å². The van der Waals surface area contributed by atoms with Gasteiger partial charge in [0.2, 0.25) is 0 Å². The molecule has 60 heavy (non-hydrogen) atoms. The van der Waals surface area contributed by atoms with Crippen molar-refractivity contribution in [2.45, 2.75) is 57.8 Å². The molecule has 0 bridgehead atoms. The van der Waals surface area contributed by atoms with Crippen LogP contribution in [0.4, 0.5) is 17.1 Å². The highest BCUT2D eigenvalue weighted by Crippen LogP contribution is 2.61. The van der Waals surface area contributed by atoms with E-state index in [1.165, 1.54) is 111 Å². The number of benzene rings is 9. The van der Waals surface area contributed by atoms with Crippen molar-refractivity contribution in [3.8, 4) is 44.5 Å². The molecule has 0 aromatic heterocycles. The van der Waals surface area contributed by atoms with Gasteiger partial charge < -0.3 is 4.90 Å². The lowest BCUT2D eigenvalue weighted by Crippen LogP contribution is -2.18. The molecule has 0 unspecified atom stereocenters. The van der Waals surface area contributed by atoms with Crippen LogP contribution < -0.4 is 4.90 Å². The molecule has 0 fully saturated rings. The molecule has 0 aliphatic heterocycles. The second kappa shape index (κ2) is 12.2. The van der Waals surface area contributed by atoms with Gasteiger partial charge in [0.1, 0.15) is 0 Å². The van der Waals surface area contributed by atoms with Gasteiger partial charge in [0.25, 0.3) is 0 Å². The average molecular weight is 770 g/mol. The van der Waals surface area contributed by atoms with Crippen LogP contribution in [0.25, 0.3) is 66.1 Å². The van der Waals surface area contributed by atoms with Crippen LogP contribution in [0.3, 0.4) is 0 Å². The lowest BCUT2D eigenvalue weighted by molar-refractivity contribution is 0.662. The number of hydrogen-bond donors (Lipinski definition) is 0. The molecule has 0 saturated carbocycles. The topological polar surface area (TPSA) is 3.24 Å². The van der Waals surface area contributed by atoms with E-state index in [9.17, 15) is 0 Å². The number of hydrogen-bond acceptors (Lipinski definition) is 1. The molecule has 3 aliphatic rings. The molecule has 0 amide bonds. The zero-order chi connectivity index (χ0) is 40.7. The highest BCUT2D eigenvalue weighted by molar-refractivity contribution is 6.10. The van der Waals surface area contributed by atoms with Gasteiger partial charge in [0.05, 0.1) is 11.4 Å². The van der Waals surface area contributed by atoms with Gasteiger partial charge in [0.15, 0.2) is 0 Å². The van der Waals surface area contributed by atoms with Crippen molar-refractivity contribution < 1.29 is 0 Å². The van der Waals surface area contributed by atoms with Gasteiger partial charge in [-0.15, -0.1) is 0 Å². The number of fused-ring (bicyclic) bond motifs is 13. The van der Waals surface area contributed by atoms with Crippen LogP contribution in [0, 0.1) is 0 Å². The van der Waals surface area contributed by atoms with Crippen LogP contribution in [0.5, 0.6) is 0 Å². The first kappa shape index (κ1) is 35.3. The van der Waals surface area contributed by atoms with E-state index in [0.717, 1.165) is 5.69 Å². The van der Waals surface area contributed by atoms with Crippen LogP contribution in [0.1, 0.15) is 74.9 Å². The summed E-state index contributed by atoms with van der Waals surface area (Å²) in [6.07, 6.45) is 0. The van der Waals surface area contributed by atoms with Crippen molar-refractivity contribution in [1.82, 2.24) is 0 Å². The van der Waals surface area contributed by atoms with Crippen LogP contribution in [0.15, 0.2) is 176 Å². The summed E-state index contributed by atoms with van der Waals surface area (Å²) in [5.74, 6) is 0. The van der Waals surface area contributed by atoms with Crippen molar-refractivity contribution in [1.29, 1.82) is 0 Å². The fourth-order valence-corrected chi connectivity index (χ4v) is 11.9. The van der Waals surface area contributed by atoms with E-state index >= 15 is 0 Å². The van der Waals surface area contributed by atoms with Crippen LogP contribution in [0.2, 0.25) is 0 Å². The Morgan fingerprint density at radius 2 is 0.733 bits per heavy atom. The predicted molar refractivity (Wildman–Crippen MR) is 254 cm³/mol. The standard InChI is InChI=1S/C59H47N/c1-57(2)47-27-14-11-22-43(47)44-26-17-25-40(54(44)57)36-30-32-39(33-31-36)60(50-34-37-18-7-9-20-41(37)55-52(50)45-23-12-15-28-48(45)58(55,3)4)51-35-38-19-8-10-21-42(38)56-53(51)46-24-13-16-29-49(46)59(56,5)6/h7-35H,1-6H3. The Labute approximate surface area is 353 Å². The number of rotatable bonds is 4. The molecule has 1 heteroatoms. The minimum absolute atomic E-state index is 0.106. The molecule has 9 aromatic carbocycles. The number of anilines is 3. The Kier molecular flexibility index (Phi) is 7.16. The first-order valence-electron chi connectivity index (χ1n) is 21.5. The summed E-state index contributed by atoms with van der Waals surface area (Å²) in [6.45, 7) is 14.4. The van der Waals surface area contributed by atoms with Crippen molar-refractivity contribution in [3.05, 3.63) is 209 Å². The normalized spacial score (nSPS) is 15.6. The third-order valence-electron chi connectivity index (χ3n) is 14.5. The van der Waals surface area contributed by atoms with Crippen molar-refractivity contribution in [2.24, 2.45) is 0 Å². The molecular weight excluding hydrogens is 723 g/mol. The summed E-state index contributed by atoms with van der Waals surface area (Å²) in [7, 11) is 0. The molecule has 0 saturated heterocycles. The zero-order valence-corrected chi connectivity index (χ0v) is 35.2. The van der Waals surface area contributed by atoms with Gasteiger partial charge in [-0.3, -0.25) is 0 Å². The van der Waals surface area contributed by atoms with Crippen LogP contribution in [-0.4, -0.2) is 0 Å². The Hall–Kier alpha value is -6.70. The fourth-order valence-electron chi connectivity index (χ4n) is 11.9. The Morgan fingerprint density at radius 1 is 0.333 bits per heavy atom. The maximum absolute atomic E-state index is 2.62. The van der Waals surface area contributed by atoms with Gasteiger partial charge >= 0.3 is 0 Å². The highest BCUT2D eigenvalue weighted by Gasteiger charge is 2.43. The molecule has 0 atom stereocenters. The van der Waals surface area contributed by atoms with Gasteiger partial charge in [-0.2, -0.15) is 0 Å². The van der Waals surface area contributed by atoms with E-state index in [0.29, 0.717) is 0 Å². The molecule has 3 aliphatic carbocycles. The highest BCUT2D eigenvalue weighted by atomic mass is 15.1. The summed E-state index contributed by atoms with van der Waals surface area (Å²) in [5.41, 5.74) is 22.0. The first-order valence-corrected chi connectivity index (χ1v) is 21.5. The lowest BCUT2D eigenvalue weighted by Gasteiger charge is -2.33. The summed E-state index contributed by atoms with van der Waals surface area (Å²) in [4.78, 5) is 2.62. The first-order chi connectivity index (χ1) is 29.1. The summed E-state index contributed by atoms with van der Waals surface area (Å²) in [5, 5.41) is 5.16. The third-order valence-corrected chi connectivity index (χ3v) is 14.5. The van der Waals surface area contributed by atoms with E-state index in [-0.39, 0.29) is 16.2 Å². The van der Waals surface area contributed by atoms with Crippen LogP contribution in [-0.2, 0) is 16.2 Å². The molecule has 0 radical (unpaired) electrons. The van der Waals surface area contributed by atoms with Gasteiger partial charge in [-0.25, -0.2) is 0 Å². The number of nitrogens with zero attached hydrogens (tertiary/aromatic N) is 1. The maximum Gasteiger partial charge on any atom is 0.0549 e. The third kappa shape index (κ3) is 4.58. The SMILES string of the molecule is CC1(C)c2ccccc2-c2cccc(-c3ccc(N(c4cc5ccccc5c5c4-c4ccccc4C5(C)C)c4cc5ccccc5c5c4-c4ccccc4C5(C)C)cc3)c21. The Balaban J connectivity index is 1.17. The molecule has 9 aromatic rings. The largest absolute Gasteiger partial charge is 0.309 e. The van der Waals surface area contributed by atoms with Crippen molar-refractivity contribution in [3.63, 3.8) is 0 Å². The summed E-state index contributed by atoms with van der Waals surface area (Å²) in [6, 6.07) is 66.5. The van der Waals surface area contributed by atoms with Crippen molar-refractivity contribution in [2.75, 3.05) is 4.90 Å². The molecule has 288 valence electrons. The predicted octanol–water partition coefficient (Wildman–Crippen LogP) is 16.0. The maximum atomic E-state index is 2.62. The van der Waals surface area contributed by atoms with E-state index in [4.69, 9.17) is 0 Å². The Morgan fingerprint density at radius 3 is 1.27 bits per heavy atom. The minimum Gasteiger partial charge on any atom is -0.309 e. The fraction of sp³-hybridized carbons (Fsp3) is 0.153. The zero-order valence-electron chi connectivity index (χ0n) is 35.2. The second-order valence-electron chi connectivity index (χ2n) is 18.9. The Bertz CT molecular complexity index is 3140. The summed E-state index contributed by atoms with van der Waals surface area (Å²) >= 11 is 0. The van der Waals surface area contributed by atoms with E-state index in [1.807, 2.05) is 0 Å². The minimum atomic E-state index is -0.185. The molecule has 0 heterocycles. The molecule has 0 N–H and O–H groups in total. The van der Waals surface area contributed by atoms with Gasteiger partial charge in [-0.1, -0.05) is 193 Å². The molecular formula is C59H47N. The second-order valence-corrected chi connectivity index (χ2v) is 18.9. The van der Waals surface area contributed by atoms with Gasteiger partial charge in [0, 0.05) is 33.1 Å². The smallest absolute Gasteiger partial charge is 0.0549 e. The quantitative estimate of drug-likeness (QED) is 0.172. The molecule has 12 rings (SSSR count). The lowest BCUT2D eigenvalue weighted by atomic mass is 9.79. The molecule has 0 spiro atoms. The monoisotopic (exact) mass is 769 g/mol. The average Bonchev–Trinajstić information content (AvgIpc) is 3.77. The van der Waals surface area contributed by atoms with E-state index < -0.39 is 0 Å². The van der Waals surface area contributed by atoms with Crippen molar-refractivity contribution >= 4 is 38.6 Å². The summed E-state index contributed by atoms with van der Waals surface area (Å²) < 4.78 is 0. The van der Waals surface area contributed by atoms with Gasteiger partial charge in [-0.05, 0) is 113 Å².